The maximum absolute atomic E-state index is 12.4. The van der Waals surface area contributed by atoms with Crippen LogP contribution in [0.3, 0.4) is 0 Å². The number of hydrogen-bond donors (Lipinski definition) is 0. The summed E-state index contributed by atoms with van der Waals surface area (Å²) in [6, 6.07) is 6.47. The Morgan fingerprint density at radius 3 is 2.58 bits per heavy atom. The number of rotatable bonds is 2. The molecule has 1 aromatic carbocycles. The van der Waals surface area contributed by atoms with Gasteiger partial charge in [-0.25, -0.2) is 8.42 Å². The van der Waals surface area contributed by atoms with Crippen molar-refractivity contribution in [3.05, 3.63) is 23.8 Å². The first kappa shape index (κ1) is 15.0. The van der Waals surface area contributed by atoms with Gasteiger partial charge in [0.25, 0.3) is 0 Å². The molecule has 6 rings (SSSR count). The van der Waals surface area contributed by atoms with Gasteiger partial charge in [-0.15, -0.1) is 0 Å². The Hall–Kier alpha value is -1.31. The zero-order valence-corrected chi connectivity index (χ0v) is 14.5. The Labute approximate surface area is 142 Å². The molecule has 4 fully saturated rings. The van der Waals surface area contributed by atoms with Crippen LogP contribution in [0.1, 0.15) is 24.3 Å². The Bertz CT molecular complexity index is 773. The fourth-order valence-corrected chi connectivity index (χ4v) is 6.35. The van der Waals surface area contributed by atoms with Crippen molar-refractivity contribution in [2.75, 3.05) is 32.7 Å². The third-order valence-electron chi connectivity index (χ3n) is 6.20. The van der Waals surface area contributed by atoms with E-state index >= 15 is 0 Å². The maximum Gasteiger partial charge on any atom is 0.231 e. The number of benzene rings is 1. The summed E-state index contributed by atoms with van der Waals surface area (Å²) < 4.78 is 37.5. The van der Waals surface area contributed by atoms with Gasteiger partial charge in [0.15, 0.2) is 11.5 Å². The van der Waals surface area contributed by atoms with Crippen LogP contribution >= 0.6 is 0 Å². The van der Waals surface area contributed by atoms with Crippen LogP contribution in [0.15, 0.2) is 18.2 Å². The molecule has 7 heteroatoms. The van der Waals surface area contributed by atoms with Gasteiger partial charge in [0.2, 0.25) is 16.8 Å². The van der Waals surface area contributed by atoms with Crippen LogP contribution in [-0.4, -0.2) is 62.4 Å². The van der Waals surface area contributed by atoms with Gasteiger partial charge in [0, 0.05) is 24.5 Å². The lowest BCUT2D eigenvalue weighted by Crippen LogP contribution is -2.60. The summed E-state index contributed by atoms with van der Waals surface area (Å²) in [5.74, 6) is 2.24. The van der Waals surface area contributed by atoms with Gasteiger partial charge in [-0.2, -0.15) is 4.31 Å². The highest BCUT2D eigenvalue weighted by atomic mass is 32.2. The molecule has 0 spiro atoms. The Balaban J connectivity index is 1.56. The molecule has 130 valence electrons. The molecular weight excluding hydrogens is 328 g/mol. The van der Waals surface area contributed by atoms with E-state index in [2.05, 4.69) is 11.0 Å². The normalized spacial score (nSPS) is 37.6. The van der Waals surface area contributed by atoms with Crippen LogP contribution in [0.2, 0.25) is 0 Å². The van der Waals surface area contributed by atoms with Gasteiger partial charge in [0.05, 0.1) is 6.26 Å². The SMILES string of the molecule is CS(=O)(=O)N1C[C@@H](c2ccc3c(c2)OCO3)[C@@H]2[C@H]1C1CCN2CC1. The van der Waals surface area contributed by atoms with Crippen molar-refractivity contribution in [1.82, 2.24) is 9.21 Å². The van der Waals surface area contributed by atoms with E-state index in [9.17, 15) is 8.42 Å². The van der Waals surface area contributed by atoms with Crippen molar-refractivity contribution < 1.29 is 17.9 Å². The van der Waals surface area contributed by atoms with Gasteiger partial charge >= 0.3 is 0 Å². The van der Waals surface area contributed by atoms with Crippen LogP contribution in [-0.2, 0) is 10.0 Å². The minimum Gasteiger partial charge on any atom is -0.454 e. The lowest BCUT2D eigenvalue weighted by Gasteiger charge is -2.50. The first-order chi connectivity index (χ1) is 11.5. The second kappa shape index (κ2) is 5.09. The fraction of sp³-hybridized carbons (Fsp3) is 0.647. The third kappa shape index (κ3) is 2.11. The largest absolute Gasteiger partial charge is 0.454 e. The van der Waals surface area contributed by atoms with E-state index in [0.717, 1.165) is 43.0 Å². The molecule has 24 heavy (non-hydrogen) atoms. The number of ether oxygens (including phenoxy) is 2. The molecule has 0 aliphatic carbocycles. The van der Waals surface area contributed by atoms with Crippen LogP contribution < -0.4 is 9.47 Å². The molecule has 5 heterocycles. The highest BCUT2D eigenvalue weighted by Gasteiger charge is 2.55. The molecule has 0 aromatic heterocycles. The monoisotopic (exact) mass is 350 g/mol. The Morgan fingerprint density at radius 2 is 1.83 bits per heavy atom. The lowest BCUT2D eigenvalue weighted by atomic mass is 9.75. The third-order valence-corrected chi connectivity index (χ3v) is 7.45. The molecule has 0 N–H and O–H groups in total. The summed E-state index contributed by atoms with van der Waals surface area (Å²) in [7, 11) is -3.20. The second-order valence-corrected chi connectivity index (χ2v) is 9.34. The number of fused-ring (bicyclic) bond motifs is 3. The van der Waals surface area contributed by atoms with Crippen molar-refractivity contribution in [2.24, 2.45) is 5.92 Å². The van der Waals surface area contributed by atoms with Crippen LogP contribution in [0, 0.1) is 5.92 Å². The number of sulfonamides is 1. The minimum atomic E-state index is -3.20. The molecule has 0 radical (unpaired) electrons. The van der Waals surface area contributed by atoms with Crippen molar-refractivity contribution in [3.63, 3.8) is 0 Å². The molecule has 0 saturated carbocycles. The predicted octanol–water partition coefficient (Wildman–Crippen LogP) is 1.24. The average Bonchev–Trinajstić information content (AvgIpc) is 3.20. The topological polar surface area (TPSA) is 59.1 Å². The van der Waals surface area contributed by atoms with Gasteiger partial charge in [-0.1, -0.05) is 6.07 Å². The Kier molecular flexibility index (Phi) is 3.18. The second-order valence-electron chi connectivity index (χ2n) is 7.41. The summed E-state index contributed by atoms with van der Waals surface area (Å²) in [5, 5.41) is 0. The van der Waals surface area contributed by atoms with Gasteiger partial charge in [-0.3, -0.25) is 4.90 Å². The van der Waals surface area contributed by atoms with E-state index in [0.29, 0.717) is 12.5 Å². The van der Waals surface area contributed by atoms with Gasteiger partial charge in [-0.05, 0) is 49.5 Å². The van der Waals surface area contributed by atoms with Crippen LogP contribution in [0.4, 0.5) is 0 Å². The summed E-state index contributed by atoms with van der Waals surface area (Å²) >= 11 is 0. The fourth-order valence-electron chi connectivity index (χ4n) is 5.18. The highest BCUT2D eigenvalue weighted by Crippen LogP contribution is 2.48. The predicted molar refractivity (Wildman–Crippen MR) is 88.7 cm³/mol. The van der Waals surface area contributed by atoms with E-state index in [1.807, 2.05) is 12.1 Å². The summed E-state index contributed by atoms with van der Waals surface area (Å²) in [5.41, 5.74) is 1.16. The zero-order valence-electron chi connectivity index (χ0n) is 13.7. The number of piperidine rings is 3. The number of nitrogens with zero attached hydrogens (tertiary/aromatic N) is 2. The van der Waals surface area contributed by atoms with Crippen LogP contribution in [0.5, 0.6) is 11.5 Å². The summed E-state index contributed by atoms with van der Waals surface area (Å²) in [6.07, 6.45) is 3.58. The van der Waals surface area contributed by atoms with Crippen molar-refractivity contribution in [1.29, 1.82) is 0 Å². The van der Waals surface area contributed by atoms with E-state index in [1.165, 1.54) is 6.26 Å². The molecule has 3 atom stereocenters. The molecular formula is C17H22N2O4S. The molecule has 4 saturated heterocycles. The van der Waals surface area contributed by atoms with Crippen molar-refractivity contribution in [3.8, 4) is 11.5 Å². The van der Waals surface area contributed by atoms with E-state index < -0.39 is 10.0 Å². The molecule has 2 bridgehead atoms. The van der Waals surface area contributed by atoms with Gasteiger partial charge < -0.3 is 9.47 Å². The van der Waals surface area contributed by atoms with Gasteiger partial charge in [0.1, 0.15) is 0 Å². The number of hydrogen-bond acceptors (Lipinski definition) is 5. The quantitative estimate of drug-likeness (QED) is 0.803. The lowest BCUT2D eigenvalue weighted by molar-refractivity contribution is 0.0124. The molecule has 6 nitrogen and oxygen atoms in total. The van der Waals surface area contributed by atoms with Crippen molar-refractivity contribution in [2.45, 2.75) is 30.8 Å². The molecule has 0 amide bonds. The Morgan fingerprint density at radius 1 is 1.08 bits per heavy atom. The van der Waals surface area contributed by atoms with E-state index in [4.69, 9.17) is 9.47 Å². The molecule has 1 aromatic rings. The molecule has 5 aliphatic rings. The highest BCUT2D eigenvalue weighted by molar-refractivity contribution is 7.88. The first-order valence-corrected chi connectivity index (χ1v) is 10.5. The average molecular weight is 350 g/mol. The summed E-state index contributed by atoms with van der Waals surface area (Å²) in [6.45, 7) is 3.01. The van der Waals surface area contributed by atoms with E-state index in [-0.39, 0.29) is 24.8 Å². The molecule has 0 unspecified atom stereocenters. The summed E-state index contributed by atoms with van der Waals surface area (Å²) in [4.78, 5) is 2.51. The molecule has 5 aliphatic heterocycles. The smallest absolute Gasteiger partial charge is 0.231 e. The van der Waals surface area contributed by atoms with Crippen LogP contribution in [0.25, 0.3) is 0 Å². The standard InChI is InChI=1S/C17H22N2O4S/c1-24(20,21)19-9-13(12-2-3-14-15(8-12)23-10-22-14)17-16(19)11-4-6-18(17)7-5-11/h2-3,8,11,13,16-17H,4-7,9-10H2,1H3/t13-,16+,17+/m0/s1. The maximum atomic E-state index is 12.4. The van der Waals surface area contributed by atoms with E-state index in [1.54, 1.807) is 4.31 Å². The first-order valence-electron chi connectivity index (χ1n) is 8.63. The zero-order chi connectivity index (χ0) is 16.5. The minimum absolute atomic E-state index is 0.123. The van der Waals surface area contributed by atoms with Crippen molar-refractivity contribution >= 4 is 10.0 Å².